The van der Waals surface area contributed by atoms with Crippen LogP contribution < -0.4 is 5.73 Å². The lowest BCUT2D eigenvalue weighted by molar-refractivity contribution is -0.141. The van der Waals surface area contributed by atoms with E-state index in [1.165, 1.54) is 18.2 Å². The molecule has 2 aromatic rings. The Kier molecular flexibility index (Phi) is 2.91. The summed E-state index contributed by atoms with van der Waals surface area (Å²) in [7, 11) is 0. The molecule has 1 aromatic heterocycles. The molecule has 0 spiro atoms. The molecule has 7 heteroatoms. The van der Waals surface area contributed by atoms with Crippen molar-refractivity contribution in [3.63, 3.8) is 0 Å². The molecule has 0 fully saturated rings. The molecule has 1 heterocycles. The molecular formula is C11H5BrF3N3. The highest BCUT2D eigenvalue weighted by atomic mass is 79.9. The summed E-state index contributed by atoms with van der Waals surface area (Å²) in [6, 6.07) is 5.95. The van der Waals surface area contributed by atoms with Crippen LogP contribution in [0.3, 0.4) is 0 Å². The summed E-state index contributed by atoms with van der Waals surface area (Å²) in [5.41, 5.74) is 3.60. The third kappa shape index (κ3) is 1.99. The fourth-order valence-corrected chi connectivity index (χ4v) is 1.94. The Morgan fingerprint density at radius 1 is 1.33 bits per heavy atom. The van der Waals surface area contributed by atoms with Crippen molar-refractivity contribution in [3.8, 4) is 6.07 Å². The Labute approximate surface area is 108 Å². The van der Waals surface area contributed by atoms with Crippen molar-refractivity contribution in [1.82, 2.24) is 4.98 Å². The van der Waals surface area contributed by atoms with Gasteiger partial charge >= 0.3 is 6.18 Å². The highest BCUT2D eigenvalue weighted by Gasteiger charge is 2.37. The number of halogens is 4. The number of nitrogens with two attached hydrogens (primary N) is 1. The van der Waals surface area contributed by atoms with E-state index in [4.69, 9.17) is 11.0 Å². The van der Waals surface area contributed by atoms with Gasteiger partial charge in [0, 0.05) is 9.86 Å². The number of anilines is 1. The fourth-order valence-electron chi connectivity index (χ4n) is 1.58. The van der Waals surface area contributed by atoms with Crippen LogP contribution in [0.25, 0.3) is 10.9 Å². The number of nitriles is 1. The van der Waals surface area contributed by atoms with Crippen LogP contribution in [0.5, 0.6) is 0 Å². The summed E-state index contributed by atoms with van der Waals surface area (Å²) in [6.07, 6.45) is -4.71. The second kappa shape index (κ2) is 4.14. The minimum Gasteiger partial charge on any atom is -0.397 e. The molecule has 0 saturated heterocycles. The average Bonchev–Trinajstić information content (AvgIpc) is 2.28. The number of nitrogens with zero attached hydrogens (tertiary/aromatic N) is 2. The van der Waals surface area contributed by atoms with Crippen LogP contribution >= 0.6 is 15.9 Å². The molecule has 0 bridgehead atoms. The fraction of sp³-hybridized carbons (Fsp3) is 0.0909. The van der Waals surface area contributed by atoms with E-state index in [1.54, 1.807) is 6.07 Å². The van der Waals surface area contributed by atoms with Gasteiger partial charge in [0.25, 0.3) is 0 Å². The molecule has 0 atom stereocenters. The number of hydrogen-bond acceptors (Lipinski definition) is 3. The van der Waals surface area contributed by atoms with E-state index in [2.05, 4.69) is 20.9 Å². The lowest BCUT2D eigenvalue weighted by Crippen LogP contribution is -2.13. The summed E-state index contributed by atoms with van der Waals surface area (Å²) < 4.78 is 38.9. The molecule has 0 unspecified atom stereocenters. The standard InChI is InChI=1S/C11H5BrF3N3/c12-5-1-2-8-6(3-5)9(17)7(4-16)10(18-8)11(13,14)15/h1-3H,(H2,17,18). The van der Waals surface area contributed by atoms with Gasteiger partial charge in [-0.3, -0.25) is 0 Å². The van der Waals surface area contributed by atoms with Gasteiger partial charge in [-0.15, -0.1) is 0 Å². The Balaban J connectivity index is 2.92. The summed E-state index contributed by atoms with van der Waals surface area (Å²) in [5.74, 6) is 0. The predicted molar refractivity (Wildman–Crippen MR) is 63.6 cm³/mol. The zero-order valence-corrected chi connectivity index (χ0v) is 10.3. The molecule has 0 aliphatic carbocycles. The van der Waals surface area contributed by atoms with E-state index in [1.807, 2.05) is 0 Å². The van der Waals surface area contributed by atoms with E-state index in [0.29, 0.717) is 9.86 Å². The molecule has 2 N–H and O–H groups in total. The second-order valence-corrected chi connectivity index (χ2v) is 4.44. The molecule has 92 valence electrons. The van der Waals surface area contributed by atoms with Gasteiger partial charge in [0.05, 0.1) is 11.2 Å². The van der Waals surface area contributed by atoms with Crippen molar-refractivity contribution in [2.45, 2.75) is 6.18 Å². The van der Waals surface area contributed by atoms with E-state index >= 15 is 0 Å². The summed E-state index contributed by atoms with van der Waals surface area (Å²) in [6.45, 7) is 0. The Morgan fingerprint density at radius 3 is 2.56 bits per heavy atom. The first-order valence-electron chi connectivity index (χ1n) is 4.70. The predicted octanol–water partition coefficient (Wildman–Crippen LogP) is 3.47. The zero-order chi connectivity index (χ0) is 13.5. The Bertz CT molecular complexity index is 674. The van der Waals surface area contributed by atoms with Crippen LogP contribution in [0.15, 0.2) is 22.7 Å². The molecule has 18 heavy (non-hydrogen) atoms. The van der Waals surface area contributed by atoms with Crippen LogP contribution in [0.4, 0.5) is 18.9 Å². The van der Waals surface area contributed by atoms with Crippen molar-refractivity contribution in [2.75, 3.05) is 5.73 Å². The number of rotatable bonds is 0. The minimum absolute atomic E-state index is 0.0991. The van der Waals surface area contributed by atoms with Crippen molar-refractivity contribution in [3.05, 3.63) is 33.9 Å². The average molecular weight is 316 g/mol. The molecule has 1 aromatic carbocycles. The Morgan fingerprint density at radius 2 is 2.00 bits per heavy atom. The van der Waals surface area contributed by atoms with Crippen LogP contribution in [-0.4, -0.2) is 4.98 Å². The van der Waals surface area contributed by atoms with E-state index in [-0.39, 0.29) is 11.2 Å². The van der Waals surface area contributed by atoms with Gasteiger partial charge in [0.1, 0.15) is 11.6 Å². The topological polar surface area (TPSA) is 62.7 Å². The van der Waals surface area contributed by atoms with Crippen molar-refractivity contribution in [2.24, 2.45) is 0 Å². The maximum Gasteiger partial charge on any atom is 0.434 e. The molecule has 0 aliphatic rings. The van der Waals surface area contributed by atoms with Crippen molar-refractivity contribution >= 4 is 32.5 Å². The monoisotopic (exact) mass is 315 g/mol. The van der Waals surface area contributed by atoms with Gasteiger partial charge < -0.3 is 5.73 Å². The van der Waals surface area contributed by atoms with Gasteiger partial charge in [-0.1, -0.05) is 15.9 Å². The van der Waals surface area contributed by atoms with Crippen LogP contribution in [0.2, 0.25) is 0 Å². The highest BCUT2D eigenvalue weighted by molar-refractivity contribution is 9.10. The van der Waals surface area contributed by atoms with Gasteiger partial charge in [-0.05, 0) is 18.2 Å². The third-order valence-corrected chi connectivity index (χ3v) is 2.86. The summed E-state index contributed by atoms with van der Waals surface area (Å²) in [4.78, 5) is 3.47. The zero-order valence-electron chi connectivity index (χ0n) is 8.72. The number of pyridine rings is 1. The third-order valence-electron chi connectivity index (χ3n) is 2.37. The first-order valence-corrected chi connectivity index (χ1v) is 5.50. The van der Waals surface area contributed by atoms with Crippen LogP contribution in [0, 0.1) is 11.3 Å². The van der Waals surface area contributed by atoms with Gasteiger partial charge in [0.2, 0.25) is 0 Å². The van der Waals surface area contributed by atoms with Crippen molar-refractivity contribution < 1.29 is 13.2 Å². The van der Waals surface area contributed by atoms with Gasteiger partial charge in [-0.25, -0.2) is 4.98 Å². The number of hydrogen-bond donors (Lipinski definition) is 1. The number of fused-ring (bicyclic) bond motifs is 1. The number of alkyl halides is 3. The maximum absolute atomic E-state index is 12.7. The first-order chi connectivity index (χ1) is 8.34. The number of aromatic nitrogens is 1. The number of benzene rings is 1. The van der Waals surface area contributed by atoms with Gasteiger partial charge in [-0.2, -0.15) is 18.4 Å². The molecule has 0 radical (unpaired) electrons. The van der Waals surface area contributed by atoms with E-state index in [0.717, 1.165) is 0 Å². The summed E-state index contributed by atoms with van der Waals surface area (Å²) >= 11 is 3.18. The molecule has 3 nitrogen and oxygen atoms in total. The molecular weight excluding hydrogens is 311 g/mol. The highest BCUT2D eigenvalue weighted by Crippen LogP contribution is 2.36. The van der Waals surface area contributed by atoms with Crippen molar-refractivity contribution in [1.29, 1.82) is 5.26 Å². The number of nitrogen functional groups attached to an aromatic ring is 1. The second-order valence-electron chi connectivity index (χ2n) is 3.52. The summed E-state index contributed by atoms with van der Waals surface area (Å²) in [5, 5.41) is 9.12. The quantitative estimate of drug-likeness (QED) is 0.809. The van der Waals surface area contributed by atoms with Crippen LogP contribution in [0.1, 0.15) is 11.3 Å². The van der Waals surface area contributed by atoms with E-state index in [9.17, 15) is 13.2 Å². The van der Waals surface area contributed by atoms with Crippen LogP contribution in [-0.2, 0) is 6.18 Å². The normalized spacial score (nSPS) is 11.5. The molecule has 2 rings (SSSR count). The van der Waals surface area contributed by atoms with E-state index < -0.39 is 17.4 Å². The minimum atomic E-state index is -4.71. The Hall–Kier alpha value is -1.81. The molecule has 0 aliphatic heterocycles. The lowest BCUT2D eigenvalue weighted by Gasteiger charge is -2.12. The molecule has 0 amide bonds. The smallest absolute Gasteiger partial charge is 0.397 e. The largest absolute Gasteiger partial charge is 0.434 e. The first kappa shape index (κ1) is 12.6. The van der Waals surface area contributed by atoms with Gasteiger partial charge in [0.15, 0.2) is 5.69 Å². The SMILES string of the molecule is N#Cc1c(C(F)(F)F)nc2ccc(Br)cc2c1N. The lowest BCUT2D eigenvalue weighted by atomic mass is 10.1. The maximum atomic E-state index is 12.7. The molecule has 0 saturated carbocycles.